The van der Waals surface area contributed by atoms with Crippen molar-refractivity contribution in [2.24, 2.45) is 0 Å². The first-order valence-electron chi connectivity index (χ1n) is 11.6. The summed E-state index contributed by atoms with van der Waals surface area (Å²) in [4.78, 5) is 30.2. The molecule has 1 atom stereocenters. The van der Waals surface area contributed by atoms with Crippen molar-refractivity contribution in [3.05, 3.63) is 65.7 Å². The molecule has 3 fully saturated rings. The predicted molar refractivity (Wildman–Crippen MR) is 122 cm³/mol. The number of hydrogen-bond donors (Lipinski definition) is 0. The molecule has 0 aliphatic carbocycles. The van der Waals surface area contributed by atoms with Gasteiger partial charge in [-0.3, -0.25) is 9.69 Å². The van der Waals surface area contributed by atoms with Crippen LogP contribution in [0.4, 0.5) is 4.79 Å². The molecular formula is C26H30N2O5. The summed E-state index contributed by atoms with van der Waals surface area (Å²) >= 11 is 0. The summed E-state index contributed by atoms with van der Waals surface area (Å²) in [7, 11) is 1.64. The van der Waals surface area contributed by atoms with Crippen molar-refractivity contribution in [2.75, 3.05) is 40.0 Å². The van der Waals surface area contributed by atoms with Crippen molar-refractivity contribution in [1.29, 1.82) is 0 Å². The van der Waals surface area contributed by atoms with Crippen LogP contribution in [-0.4, -0.2) is 67.4 Å². The van der Waals surface area contributed by atoms with Gasteiger partial charge in [-0.1, -0.05) is 42.5 Å². The summed E-state index contributed by atoms with van der Waals surface area (Å²) in [6.45, 7) is 3.14. The van der Waals surface area contributed by atoms with Crippen LogP contribution < -0.4 is 4.74 Å². The van der Waals surface area contributed by atoms with Crippen LogP contribution >= 0.6 is 0 Å². The fourth-order valence-corrected chi connectivity index (χ4v) is 5.41. The second-order valence-corrected chi connectivity index (χ2v) is 9.29. The van der Waals surface area contributed by atoms with Gasteiger partial charge in [0.05, 0.1) is 25.6 Å². The highest BCUT2D eigenvalue weighted by molar-refractivity contribution is 5.89. The SMILES string of the molecule is COc1ccc(C2(C(=O)N3CC[C@]4(CN(Cc5ccccc5)C(=O)O4)C3)CCOCC2)cc1. The molecule has 174 valence electrons. The van der Waals surface area contributed by atoms with E-state index in [1.807, 2.05) is 59.5 Å². The lowest BCUT2D eigenvalue weighted by atomic mass is 9.73. The van der Waals surface area contributed by atoms with Gasteiger partial charge in [0.2, 0.25) is 5.91 Å². The number of carbonyl (C=O) groups excluding carboxylic acids is 2. The van der Waals surface area contributed by atoms with Gasteiger partial charge < -0.3 is 19.1 Å². The molecule has 2 amide bonds. The molecule has 3 aliphatic rings. The summed E-state index contributed by atoms with van der Waals surface area (Å²) < 4.78 is 16.8. The average molecular weight is 451 g/mol. The highest BCUT2D eigenvalue weighted by Crippen LogP contribution is 2.41. The van der Waals surface area contributed by atoms with Crippen LogP contribution in [0.1, 0.15) is 30.4 Å². The van der Waals surface area contributed by atoms with Gasteiger partial charge in [-0.25, -0.2) is 4.79 Å². The topological polar surface area (TPSA) is 68.3 Å². The van der Waals surface area contributed by atoms with Crippen LogP contribution in [0.5, 0.6) is 5.75 Å². The van der Waals surface area contributed by atoms with Crippen LogP contribution in [0.25, 0.3) is 0 Å². The van der Waals surface area contributed by atoms with Crippen LogP contribution in [-0.2, 0) is 26.2 Å². The fraction of sp³-hybridized carbons (Fsp3) is 0.462. The molecule has 0 saturated carbocycles. The van der Waals surface area contributed by atoms with Crippen molar-refractivity contribution >= 4 is 12.0 Å². The lowest BCUT2D eigenvalue weighted by molar-refractivity contribution is -0.141. The smallest absolute Gasteiger partial charge is 0.410 e. The minimum absolute atomic E-state index is 0.102. The summed E-state index contributed by atoms with van der Waals surface area (Å²) in [5.41, 5.74) is 0.806. The monoisotopic (exact) mass is 450 g/mol. The number of likely N-dealkylation sites (tertiary alicyclic amines) is 1. The van der Waals surface area contributed by atoms with E-state index in [2.05, 4.69) is 0 Å². The fourth-order valence-electron chi connectivity index (χ4n) is 5.41. The normalized spacial score (nSPS) is 24.2. The molecule has 1 spiro atoms. The third kappa shape index (κ3) is 4.06. The van der Waals surface area contributed by atoms with Gasteiger partial charge in [-0.05, 0) is 36.1 Å². The third-order valence-electron chi connectivity index (χ3n) is 7.26. The van der Waals surface area contributed by atoms with Gasteiger partial charge in [0.25, 0.3) is 0 Å². The minimum atomic E-state index is -0.631. The zero-order valence-electron chi connectivity index (χ0n) is 19.0. The van der Waals surface area contributed by atoms with E-state index in [9.17, 15) is 9.59 Å². The second-order valence-electron chi connectivity index (χ2n) is 9.29. The molecule has 3 heterocycles. The second kappa shape index (κ2) is 8.71. The Hall–Kier alpha value is -3.06. The van der Waals surface area contributed by atoms with Crippen LogP contribution in [0, 0.1) is 0 Å². The molecule has 0 aromatic heterocycles. The Kier molecular flexibility index (Phi) is 5.74. The molecule has 3 saturated heterocycles. The number of amides is 2. The Morgan fingerprint density at radius 3 is 2.42 bits per heavy atom. The van der Waals surface area contributed by atoms with Crippen molar-refractivity contribution in [3.63, 3.8) is 0 Å². The van der Waals surface area contributed by atoms with E-state index in [1.165, 1.54) is 0 Å². The summed E-state index contributed by atoms with van der Waals surface area (Å²) in [6, 6.07) is 17.7. The molecule has 33 heavy (non-hydrogen) atoms. The minimum Gasteiger partial charge on any atom is -0.497 e. The van der Waals surface area contributed by atoms with Crippen LogP contribution in [0.3, 0.4) is 0 Å². The van der Waals surface area contributed by atoms with E-state index in [4.69, 9.17) is 14.2 Å². The summed E-state index contributed by atoms with van der Waals surface area (Å²) in [5.74, 6) is 0.871. The molecule has 5 rings (SSSR count). The van der Waals surface area contributed by atoms with Crippen LogP contribution in [0.2, 0.25) is 0 Å². The van der Waals surface area contributed by atoms with Crippen molar-refractivity contribution in [2.45, 2.75) is 36.8 Å². The third-order valence-corrected chi connectivity index (χ3v) is 7.26. The van der Waals surface area contributed by atoms with Crippen molar-refractivity contribution in [3.8, 4) is 5.75 Å². The van der Waals surface area contributed by atoms with Gasteiger partial charge in [0.15, 0.2) is 5.60 Å². The first-order chi connectivity index (χ1) is 16.0. The van der Waals surface area contributed by atoms with E-state index in [1.54, 1.807) is 12.0 Å². The maximum absolute atomic E-state index is 14.0. The quantitative estimate of drug-likeness (QED) is 0.699. The molecule has 3 aliphatic heterocycles. The average Bonchev–Trinajstić information content (AvgIpc) is 3.41. The zero-order chi connectivity index (χ0) is 22.9. The number of nitrogens with zero attached hydrogens (tertiary/aromatic N) is 2. The van der Waals surface area contributed by atoms with Gasteiger partial charge in [0, 0.05) is 32.7 Å². The highest BCUT2D eigenvalue weighted by Gasteiger charge is 2.53. The first kappa shape index (κ1) is 21.8. The maximum atomic E-state index is 14.0. The Balaban J connectivity index is 1.33. The van der Waals surface area contributed by atoms with E-state index in [-0.39, 0.29) is 12.0 Å². The predicted octanol–water partition coefficient (Wildman–Crippen LogP) is 3.37. The van der Waals surface area contributed by atoms with E-state index in [0.717, 1.165) is 16.9 Å². The highest BCUT2D eigenvalue weighted by atomic mass is 16.6. The molecule has 7 heteroatoms. The maximum Gasteiger partial charge on any atom is 0.410 e. The molecule has 0 unspecified atom stereocenters. The van der Waals surface area contributed by atoms with Crippen molar-refractivity contribution in [1.82, 2.24) is 9.80 Å². The Bertz CT molecular complexity index is 1000. The lowest BCUT2D eigenvalue weighted by Crippen LogP contribution is -2.50. The molecule has 0 bridgehead atoms. The number of benzene rings is 2. The number of rotatable bonds is 5. The molecule has 7 nitrogen and oxygen atoms in total. The molecule has 2 aromatic rings. The summed E-state index contributed by atoms with van der Waals surface area (Å²) in [6.07, 6.45) is 1.64. The number of ether oxygens (including phenoxy) is 3. The van der Waals surface area contributed by atoms with Crippen molar-refractivity contribution < 1.29 is 23.8 Å². The molecule has 0 N–H and O–H groups in total. The zero-order valence-corrected chi connectivity index (χ0v) is 19.0. The largest absolute Gasteiger partial charge is 0.497 e. The first-order valence-corrected chi connectivity index (χ1v) is 11.6. The standard InChI is InChI=1S/C26H30N2O5/c1-31-22-9-7-21(8-10-22)26(12-15-32-16-13-26)23(29)27-14-11-25(18-27)19-28(24(30)33-25)17-20-5-3-2-4-6-20/h2-10H,11-19H2,1H3/t25-/m1/s1. The van der Waals surface area contributed by atoms with Gasteiger partial charge in [-0.15, -0.1) is 0 Å². The van der Waals surface area contributed by atoms with Gasteiger partial charge >= 0.3 is 6.09 Å². The van der Waals surface area contributed by atoms with Crippen LogP contribution in [0.15, 0.2) is 54.6 Å². The molecule has 2 aromatic carbocycles. The van der Waals surface area contributed by atoms with E-state index < -0.39 is 11.0 Å². The van der Waals surface area contributed by atoms with Gasteiger partial charge in [0.1, 0.15) is 5.75 Å². The number of hydrogen-bond acceptors (Lipinski definition) is 5. The number of methoxy groups -OCH3 is 1. The summed E-state index contributed by atoms with van der Waals surface area (Å²) in [5, 5.41) is 0. The van der Waals surface area contributed by atoms with E-state index in [0.29, 0.717) is 58.7 Å². The Morgan fingerprint density at radius 2 is 1.73 bits per heavy atom. The number of carbonyl (C=O) groups is 2. The lowest BCUT2D eigenvalue weighted by Gasteiger charge is -2.39. The van der Waals surface area contributed by atoms with Gasteiger partial charge in [-0.2, -0.15) is 0 Å². The molecule has 0 radical (unpaired) electrons. The molecular weight excluding hydrogens is 420 g/mol. The Labute approximate surface area is 194 Å². The Morgan fingerprint density at radius 1 is 1.00 bits per heavy atom. The van der Waals surface area contributed by atoms with E-state index >= 15 is 0 Å².